The fourth-order valence-corrected chi connectivity index (χ4v) is 2.84. The first-order chi connectivity index (χ1) is 11.0. The van der Waals surface area contributed by atoms with Crippen molar-refractivity contribution in [2.75, 3.05) is 0 Å². The Morgan fingerprint density at radius 2 is 1.79 bits per heavy atom. The summed E-state index contributed by atoms with van der Waals surface area (Å²) in [6, 6.07) is 4.54. The quantitative estimate of drug-likeness (QED) is 0.255. The van der Waals surface area contributed by atoms with Gasteiger partial charge < -0.3 is 14.3 Å². The van der Waals surface area contributed by atoms with Crippen LogP contribution in [0.15, 0.2) is 29.4 Å². The fraction of sp³-hybridized carbons (Fsp3) is 0.625. The molecule has 0 spiro atoms. The third-order valence-electron chi connectivity index (χ3n) is 4.24. The lowest BCUT2D eigenvalue weighted by atomic mass is 10.2. The minimum absolute atomic E-state index is 0.100. The highest BCUT2D eigenvalue weighted by Gasteiger charge is 2.42. The van der Waals surface area contributed by atoms with E-state index in [9.17, 15) is 9.50 Å². The van der Waals surface area contributed by atoms with Crippen LogP contribution in [0.25, 0.3) is 10.4 Å². The second kappa shape index (κ2) is 7.98. The van der Waals surface area contributed by atoms with Crippen LogP contribution in [0.2, 0.25) is 18.1 Å². The standard InChI is InChI=1S/C16H26FN3O3Si/c1-11(21)14(19-20-18)15(23-24(5,6)16(2,3)4)22-13-9-7-12(17)8-10-13/h7-11,14-15,21H,1-6H3/t11-,14-,15?/m0/s1. The van der Waals surface area contributed by atoms with E-state index in [4.69, 9.17) is 14.7 Å². The Morgan fingerprint density at radius 1 is 1.25 bits per heavy atom. The third-order valence-corrected chi connectivity index (χ3v) is 8.67. The van der Waals surface area contributed by atoms with Gasteiger partial charge in [0.25, 0.3) is 0 Å². The zero-order valence-electron chi connectivity index (χ0n) is 15.0. The Bertz CT molecular complexity index is 581. The molecule has 1 aromatic carbocycles. The van der Waals surface area contributed by atoms with Crippen molar-refractivity contribution in [3.8, 4) is 5.75 Å². The van der Waals surface area contributed by atoms with E-state index in [1.165, 1.54) is 31.2 Å². The summed E-state index contributed by atoms with van der Waals surface area (Å²) in [4.78, 5) is 2.79. The van der Waals surface area contributed by atoms with Crippen molar-refractivity contribution in [1.82, 2.24) is 0 Å². The van der Waals surface area contributed by atoms with Crippen LogP contribution in [0.4, 0.5) is 4.39 Å². The highest BCUT2D eigenvalue weighted by Crippen LogP contribution is 2.38. The maximum absolute atomic E-state index is 13.1. The molecule has 0 saturated heterocycles. The SMILES string of the molecule is C[C@H](O)[C@H](N=[N+]=[N-])C(Oc1ccc(F)cc1)O[Si](C)(C)C(C)(C)C. The number of aliphatic hydroxyl groups excluding tert-OH is 1. The molecule has 0 aliphatic heterocycles. The van der Waals surface area contributed by atoms with Crippen molar-refractivity contribution in [1.29, 1.82) is 0 Å². The summed E-state index contributed by atoms with van der Waals surface area (Å²) < 4.78 is 25.1. The molecule has 0 aliphatic rings. The molecule has 0 amide bonds. The van der Waals surface area contributed by atoms with Crippen LogP contribution in [-0.2, 0) is 4.43 Å². The van der Waals surface area contributed by atoms with E-state index in [1.807, 2.05) is 13.1 Å². The second-order valence-electron chi connectivity index (χ2n) is 7.25. The number of azide groups is 1. The summed E-state index contributed by atoms with van der Waals surface area (Å²) in [5.41, 5.74) is 8.79. The first-order valence-corrected chi connectivity index (χ1v) is 10.7. The normalized spacial score (nSPS) is 16.0. The summed E-state index contributed by atoms with van der Waals surface area (Å²) in [6.07, 6.45) is -1.93. The lowest BCUT2D eigenvalue weighted by molar-refractivity contribution is -0.0535. The zero-order chi connectivity index (χ0) is 18.5. The van der Waals surface area contributed by atoms with Crippen LogP contribution in [-0.4, -0.2) is 31.9 Å². The highest BCUT2D eigenvalue weighted by atomic mass is 28.4. The molecule has 1 aromatic rings. The van der Waals surface area contributed by atoms with Crippen molar-refractivity contribution in [2.24, 2.45) is 5.11 Å². The van der Waals surface area contributed by atoms with E-state index in [-0.39, 0.29) is 10.9 Å². The number of hydrogen-bond acceptors (Lipinski definition) is 4. The van der Waals surface area contributed by atoms with Crippen molar-refractivity contribution in [3.63, 3.8) is 0 Å². The van der Waals surface area contributed by atoms with Crippen LogP contribution in [0, 0.1) is 5.82 Å². The van der Waals surface area contributed by atoms with Crippen LogP contribution in [0.3, 0.4) is 0 Å². The molecule has 0 radical (unpaired) electrons. The molecule has 0 heterocycles. The largest absolute Gasteiger partial charge is 0.465 e. The summed E-state index contributed by atoms with van der Waals surface area (Å²) in [5.74, 6) is -0.00904. The molecule has 0 bridgehead atoms. The Labute approximate surface area is 143 Å². The molecular weight excluding hydrogens is 329 g/mol. The van der Waals surface area contributed by atoms with Gasteiger partial charge in [-0.15, -0.1) is 0 Å². The highest BCUT2D eigenvalue weighted by molar-refractivity contribution is 6.74. The molecule has 3 atom stereocenters. The van der Waals surface area contributed by atoms with Crippen molar-refractivity contribution >= 4 is 8.32 Å². The summed E-state index contributed by atoms with van der Waals surface area (Å²) in [6.45, 7) is 11.8. The number of nitrogens with zero attached hydrogens (tertiary/aromatic N) is 3. The lowest BCUT2D eigenvalue weighted by Gasteiger charge is -2.40. The average molecular weight is 355 g/mol. The molecule has 1 unspecified atom stereocenters. The van der Waals surface area contributed by atoms with Gasteiger partial charge in [0.15, 0.2) is 8.32 Å². The van der Waals surface area contributed by atoms with Crippen molar-refractivity contribution in [3.05, 3.63) is 40.5 Å². The fourth-order valence-electron chi connectivity index (χ4n) is 1.72. The molecule has 1 rings (SSSR count). The van der Waals surface area contributed by atoms with Gasteiger partial charge >= 0.3 is 0 Å². The van der Waals surface area contributed by atoms with Gasteiger partial charge in [-0.25, -0.2) is 4.39 Å². The topological polar surface area (TPSA) is 87.5 Å². The van der Waals surface area contributed by atoms with E-state index in [0.717, 1.165) is 0 Å². The van der Waals surface area contributed by atoms with E-state index in [2.05, 4.69) is 30.8 Å². The van der Waals surface area contributed by atoms with Crippen LogP contribution in [0.5, 0.6) is 5.75 Å². The average Bonchev–Trinajstić information content (AvgIpc) is 2.44. The summed E-state index contributed by atoms with van der Waals surface area (Å²) in [5, 5.41) is 13.5. The minimum Gasteiger partial charge on any atom is -0.465 e. The van der Waals surface area contributed by atoms with Gasteiger partial charge in [0.1, 0.15) is 17.6 Å². The number of rotatable bonds is 7. The number of aliphatic hydroxyl groups is 1. The van der Waals surface area contributed by atoms with Gasteiger partial charge in [-0.05, 0) is 54.9 Å². The molecule has 0 aromatic heterocycles. The van der Waals surface area contributed by atoms with E-state index in [0.29, 0.717) is 5.75 Å². The van der Waals surface area contributed by atoms with Gasteiger partial charge in [-0.1, -0.05) is 25.9 Å². The van der Waals surface area contributed by atoms with Gasteiger partial charge in [-0.3, -0.25) is 0 Å². The monoisotopic (exact) mass is 355 g/mol. The Kier molecular flexibility index (Phi) is 6.80. The van der Waals surface area contributed by atoms with Gasteiger partial charge in [-0.2, -0.15) is 0 Å². The smallest absolute Gasteiger partial charge is 0.201 e. The maximum Gasteiger partial charge on any atom is 0.201 e. The number of benzene rings is 1. The summed E-state index contributed by atoms with van der Waals surface area (Å²) >= 11 is 0. The van der Waals surface area contributed by atoms with Crippen molar-refractivity contribution < 1.29 is 18.7 Å². The molecule has 8 heteroatoms. The van der Waals surface area contributed by atoms with Crippen LogP contribution < -0.4 is 4.74 Å². The lowest BCUT2D eigenvalue weighted by Crippen LogP contribution is -2.50. The minimum atomic E-state index is -2.26. The third kappa shape index (κ3) is 5.49. The molecule has 134 valence electrons. The van der Waals surface area contributed by atoms with E-state index >= 15 is 0 Å². The number of halogens is 1. The molecule has 0 aliphatic carbocycles. The Balaban J connectivity index is 3.15. The van der Waals surface area contributed by atoms with E-state index in [1.54, 1.807) is 0 Å². The predicted octanol–water partition coefficient (Wildman–Crippen LogP) is 4.61. The molecule has 0 saturated carbocycles. The van der Waals surface area contributed by atoms with Crippen LogP contribution >= 0.6 is 0 Å². The number of hydrogen-bond donors (Lipinski definition) is 1. The zero-order valence-corrected chi connectivity index (χ0v) is 16.0. The predicted molar refractivity (Wildman–Crippen MR) is 93.7 cm³/mol. The van der Waals surface area contributed by atoms with Crippen molar-refractivity contribution in [2.45, 2.75) is 64.3 Å². The Hall–Kier alpha value is -1.60. The second-order valence-corrected chi connectivity index (χ2v) is 12.0. The molecule has 24 heavy (non-hydrogen) atoms. The van der Waals surface area contributed by atoms with Gasteiger partial charge in [0, 0.05) is 4.91 Å². The maximum atomic E-state index is 13.1. The first-order valence-electron chi connectivity index (χ1n) is 7.80. The summed E-state index contributed by atoms with van der Waals surface area (Å²) in [7, 11) is -2.26. The van der Waals surface area contributed by atoms with Gasteiger partial charge in [0.2, 0.25) is 6.29 Å². The number of ether oxygens (including phenoxy) is 1. The van der Waals surface area contributed by atoms with Gasteiger partial charge in [0.05, 0.1) is 6.10 Å². The van der Waals surface area contributed by atoms with E-state index < -0.39 is 26.8 Å². The Morgan fingerprint density at radius 3 is 2.21 bits per heavy atom. The molecule has 1 N–H and O–H groups in total. The molecule has 6 nitrogen and oxygen atoms in total. The molecular formula is C16H26FN3O3Si. The first kappa shape index (κ1) is 20.4. The van der Waals surface area contributed by atoms with Crippen LogP contribution in [0.1, 0.15) is 27.7 Å². The molecule has 0 fully saturated rings.